The number of hydrogen-bond acceptors (Lipinski definition) is 6. The number of fused-ring (bicyclic) bond motifs is 1. The van der Waals surface area contributed by atoms with Crippen LogP contribution in [-0.4, -0.2) is 67.8 Å². The number of phenols is 1. The Morgan fingerprint density at radius 1 is 1.26 bits per heavy atom. The average molecular weight is 489 g/mol. The van der Waals surface area contributed by atoms with Crippen LogP contribution in [0.15, 0.2) is 59.7 Å². The van der Waals surface area contributed by atoms with Gasteiger partial charge in [-0.15, -0.1) is 0 Å². The minimum absolute atomic E-state index is 0.166. The number of rotatable bonds is 6. The summed E-state index contributed by atoms with van der Waals surface area (Å²) in [5.74, 6) is 1.46. The van der Waals surface area contributed by atoms with Gasteiger partial charge in [-0.25, -0.2) is 13.4 Å². The summed E-state index contributed by atoms with van der Waals surface area (Å²) < 4.78 is 29.8. The molecule has 0 saturated carbocycles. The number of piperidine rings is 1. The Hall–Kier alpha value is -3.04. The van der Waals surface area contributed by atoms with Crippen molar-refractivity contribution in [3.05, 3.63) is 59.7 Å². The van der Waals surface area contributed by atoms with E-state index >= 15 is 0 Å². The number of phenolic OH excluding ortho intramolecular Hbond substituents is 1. The molecule has 1 aliphatic heterocycles. The zero-order valence-electron chi connectivity index (χ0n) is 20.1. The number of anilines is 1. The fourth-order valence-electron chi connectivity index (χ4n) is 4.74. The molecule has 3 heterocycles. The van der Waals surface area contributed by atoms with Crippen LogP contribution in [0.3, 0.4) is 0 Å². The van der Waals surface area contributed by atoms with Gasteiger partial charge in [0.25, 0.3) is 0 Å². The van der Waals surface area contributed by atoms with Gasteiger partial charge in [0.15, 0.2) is 5.65 Å². The van der Waals surface area contributed by atoms with E-state index in [0.717, 1.165) is 30.5 Å². The number of sulfonamides is 1. The van der Waals surface area contributed by atoms with Gasteiger partial charge < -0.3 is 10.4 Å². The third-order valence-corrected chi connectivity index (χ3v) is 8.71. The molecule has 1 aromatic carbocycles. The van der Waals surface area contributed by atoms with Gasteiger partial charge in [0.2, 0.25) is 10.0 Å². The minimum Gasteiger partial charge on any atom is -0.507 e. The van der Waals surface area contributed by atoms with Gasteiger partial charge in [-0.3, -0.25) is 0 Å². The topological polar surface area (TPSA) is 99.8 Å². The van der Waals surface area contributed by atoms with Crippen molar-refractivity contribution in [3.8, 4) is 17.0 Å². The maximum Gasteiger partial charge on any atom is 0.242 e. The molecule has 0 radical (unpaired) electrons. The fraction of sp³-hybridized carbons (Fsp3) is 0.333. The molecule has 0 spiro atoms. The first kappa shape index (κ1) is 23.7. The van der Waals surface area contributed by atoms with Crippen molar-refractivity contribution in [2.24, 2.45) is 5.92 Å². The van der Waals surface area contributed by atoms with Crippen LogP contribution >= 0.6 is 0 Å². The summed E-state index contributed by atoms with van der Waals surface area (Å²) in [4.78, 5) is 5.14. The third-order valence-electron chi connectivity index (χ3n) is 6.80. The molecule has 11 heteroatoms. The molecule has 2 aromatic heterocycles. The van der Waals surface area contributed by atoms with E-state index in [-0.39, 0.29) is 11.7 Å². The van der Waals surface area contributed by atoms with Crippen LogP contribution in [0.25, 0.3) is 16.9 Å². The molecule has 2 N–H and O–H groups in total. The predicted molar refractivity (Wildman–Crippen MR) is 144 cm³/mol. The van der Waals surface area contributed by atoms with Gasteiger partial charge in [0.05, 0.1) is 10.6 Å². The van der Waals surface area contributed by atoms with Crippen molar-refractivity contribution in [1.29, 1.82) is 0 Å². The van der Waals surface area contributed by atoms with Gasteiger partial charge >= 0.3 is 0 Å². The Morgan fingerprint density at radius 3 is 2.86 bits per heavy atom. The summed E-state index contributed by atoms with van der Waals surface area (Å²) in [6, 6.07) is 9.01. The molecule has 8 nitrogen and oxygen atoms in total. The largest absolute Gasteiger partial charge is 0.507 e. The van der Waals surface area contributed by atoms with Crippen LogP contribution < -0.4 is 10.8 Å². The number of nitrogens with one attached hydrogen (secondary N) is 1. The summed E-state index contributed by atoms with van der Waals surface area (Å²) in [6.45, 7) is 1.64. The van der Waals surface area contributed by atoms with Crippen molar-refractivity contribution in [3.63, 3.8) is 0 Å². The summed E-state index contributed by atoms with van der Waals surface area (Å²) in [7, 11) is 0.556. The first-order valence-electron chi connectivity index (χ1n) is 12.1. The monoisotopic (exact) mass is 489 g/mol. The maximum absolute atomic E-state index is 13.2. The van der Waals surface area contributed by atoms with Crippen LogP contribution in [0.2, 0.25) is 5.82 Å². The van der Waals surface area contributed by atoms with Gasteiger partial charge in [-0.2, -0.15) is 13.9 Å². The predicted octanol–water partition coefficient (Wildman–Crippen LogP) is 1.08. The molecule has 2 unspecified atom stereocenters. The second-order valence-corrected chi connectivity index (χ2v) is 11.5. The molecule has 180 valence electrons. The Kier molecular flexibility index (Phi) is 6.46. The fourth-order valence-corrected chi connectivity index (χ4v) is 6.37. The number of para-hydroxylation sites is 1. The summed E-state index contributed by atoms with van der Waals surface area (Å²) in [5.41, 5.74) is 2.95. The van der Waals surface area contributed by atoms with Crippen LogP contribution in [0.4, 0.5) is 5.82 Å². The van der Waals surface area contributed by atoms with E-state index in [9.17, 15) is 13.5 Å². The number of benzene rings is 1. The highest BCUT2D eigenvalue weighted by Crippen LogP contribution is 2.30. The zero-order valence-corrected chi connectivity index (χ0v) is 20.9. The Bertz CT molecular complexity index is 1420. The number of aromatic nitrogens is 3. The van der Waals surface area contributed by atoms with Crippen molar-refractivity contribution in [1.82, 2.24) is 18.9 Å². The number of allylic oxidation sites excluding steroid dienone is 3. The molecule has 0 bridgehead atoms. The molecule has 35 heavy (non-hydrogen) atoms. The molecule has 1 aliphatic carbocycles. The van der Waals surface area contributed by atoms with Crippen LogP contribution in [-0.2, 0) is 10.0 Å². The van der Waals surface area contributed by atoms with E-state index in [4.69, 9.17) is 4.98 Å². The van der Waals surface area contributed by atoms with E-state index in [2.05, 4.69) is 18.3 Å². The second kappa shape index (κ2) is 9.54. The lowest BCUT2D eigenvalue weighted by molar-refractivity contribution is 0.277. The Balaban J connectivity index is 1.36. The van der Waals surface area contributed by atoms with Gasteiger partial charge in [0, 0.05) is 37.5 Å². The summed E-state index contributed by atoms with van der Waals surface area (Å²) in [6.07, 6.45) is 9.86. The molecule has 5 rings (SSSR count). The van der Waals surface area contributed by atoms with Gasteiger partial charge in [-0.05, 0) is 54.7 Å². The normalized spacial score (nSPS) is 21.2. The van der Waals surface area contributed by atoms with Crippen molar-refractivity contribution < 1.29 is 13.5 Å². The van der Waals surface area contributed by atoms with Crippen molar-refractivity contribution in [2.75, 3.05) is 25.0 Å². The highest BCUT2D eigenvalue weighted by molar-refractivity contribution is 7.93. The average Bonchev–Trinajstić information content (AvgIpc) is 3.24. The molecule has 0 amide bonds. The van der Waals surface area contributed by atoms with E-state index in [1.165, 1.54) is 0 Å². The summed E-state index contributed by atoms with van der Waals surface area (Å²) >= 11 is 0. The second-order valence-electron chi connectivity index (χ2n) is 9.54. The Labute approximate surface area is 207 Å². The molecular weight excluding hydrogens is 460 g/mol. The van der Waals surface area contributed by atoms with E-state index < -0.39 is 10.0 Å². The van der Waals surface area contributed by atoms with E-state index in [1.54, 1.807) is 33.2 Å². The SMILES string of the molecule is Bc1cnn2c(NCC3CCCN(S(=O)(=O)C4=CCC(B)C=C4)C3)cc(-c3ccccc3O)nc12. The highest BCUT2D eigenvalue weighted by Gasteiger charge is 2.31. The quantitative estimate of drug-likeness (QED) is 0.503. The molecular formula is C24H29B2N5O3S. The molecule has 1 saturated heterocycles. The standard InChI is InChI=1S/C24H29B2N5O3S/c25-17-7-9-18(10-8-17)35(33,34)30-11-3-4-16(15-30)13-27-23-12-21(19-5-1-2-6-22(19)32)29-24-20(26)14-28-31(23)24/h1-2,5-7,9-10,12,14,16-17,27,32H,3-4,8,11,13,15,25-26H2. The lowest BCUT2D eigenvalue weighted by atomic mass is 9.82. The molecule has 3 aromatic rings. The zero-order chi connectivity index (χ0) is 24.6. The smallest absolute Gasteiger partial charge is 0.242 e. The third kappa shape index (κ3) is 4.75. The Morgan fingerprint density at radius 2 is 2.09 bits per heavy atom. The minimum atomic E-state index is -3.48. The van der Waals surface area contributed by atoms with Gasteiger partial charge in [-0.1, -0.05) is 24.3 Å². The first-order valence-corrected chi connectivity index (χ1v) is 13.5. The van der Waals surface area contributed by atoms with Gasteiger partial charge in [0.1, 0.15) is 27.3 Å². The lowest BCUT2D eigenvalue weighted by Crippen LogP contribution is -2.42. The van der Waals surface area contributed by atoms with Crippen LogP contribution in [0.1, 0.15) is 19.3 Å². The maximum atomic E-state index is 13.2. The van der Waals surface area contributed by atoms with Crippen LogP contribution in [0.5, 0.6) is 5.75 Å². The molecule has 2 atom stereocenters. The van der Waals surface area contributed by atoms with Crippen molar-refractivity contribution >= 4 is 42.6 Å². The van der Waals surface area contributed by atoms with E-state index in [1.807, 2.05) is 38.2 Å². The molecule has 2 aliphatic rings. The number of aromatic hydroxyl groups is 1. The van der Waals surface area contributed by atoms with Crippen molar-refractivity contribution in [2.45, 2.75) is 25.1 Å². The van der Waals surface area contributed by atoms with Crippen LogP contribution in [0, 0.1) is 5.92 Å². The summed E-state index contributed by atoms with van der Waals surface area (Å²) in [5, 5.41) is 18.3. The first-order chi connectivity index (χ1) is 16.8. The lowest BCUT2D eigenvalue weighted by Gasteiger charge is -2.33. The number of hydrogen-bond donors (Lipinski definition) is 2. The molecule has 1 fully saturated rings. The van der Waals surface area contributed by atoms with E-state index in [0.29, 0.717) is 47.3 Å². The number of nitrogens with zero attached hydrogens (tertiary/aromatic N) is 4. The highest BCUT2D eigenvalue weighted by atomic mass is 32.2.